The molecule has 2 amide bonds. The standard InChI is InChI=1S/C15H21FN2O3/c16-13-7-5-12(6-8-13)9-11-18-15(21)17-10-3-1-2-4-14(19)20/h5-8H,1-4,9-11H2,(H,19,20)(H2,17,18,21). The Hall–Kier alpha value is -2.11. The van der Waals surface area contributed by atoms with Gasteiger partial charge in [0.2, 0.25) is 0 Å². The molecule has 0 spiro atoms. The zero-order valence-corrected chi connectivity index (χ0v) is 11.9. The zero-order chi connectivity index (χ0) is 15.5. The van der Waals surface area contributed by atoms with Gasteiger partial charge < -0.3 is 15.7 Å². The summed E-state index contributed by atoms with van der Waals surface area (Å²) >= 11 is 0. The molecule has 21 heavy (non-hydrogen) atoms. The quantitative estimate of drug-likeness (QED) is 0.612. The Morgan fingerprint density at radius 1 is 1.00 bits per heavy atom. The van der Waals surface area contributed by atoms with E-state index in [9.17, 15) is 14.0 Å². The van der Waals surface area contributed by atoms with Crippen LogP contribution in [0.5, 0.6) is 0 Å². The van der Waals surface area contributed by atoms with E-state index < -0.39 is 5.97 Å². The van der Waals surface area contributed by atoms with E-state index in [0.29, 0.717) is 25.9 Å². The molecular formula is C15H21FN2O3. The number of benzene rings is 1. The van der Waals surface area contributed by atoms with Crippen molar-refractivity contribution in [2.45, 2.75) is 32.1 Å². The molecule has 1 rings (SSSR count). The van der Waals surface area contributed by atoms with Crippen LogP contribution in [0.1, 0.15) is 31.2 Å². The minimum Gasteiger partial charge on any atom is -0.481 e. The number of carbonyl (C=O) groups is 2. The van der Waals surface area contributed by atoms with Crippen molar-refractivity contribution >= 4 is 12.0 Å². The maximum atomic E-state index is 12.7. The number of carboxylic acids is 1. The molecule has 0 fully saturated rings. The van der Waals surface area contributed by atoms with Crippen molar-refractivity contribution in [2.24, 2.45) is 0 Å². The molecule has 0 unspecified atom stereocenters. The highest BCUT2D eigenvalue weighted by Gasteiger charge is 2.00. The third kappa shape index (κ3) is 8.62. The molecule has 0 aliphatic heterocycles. The molecule has 0 heterocycles. The Bertz CT molecular complexity index is 449. The maximum absolute atomic E-state index is 12.7. The van der Waals surface area contributed by atoms with Gasteiger partial charge in [0.15, 0.2) is 0 Å². The lowest BCUT2D eigenvalue weighted by molar-refractivity contribution is -0.137. The lowest BCUT2D eigenvalue weighted by atomic mass is 10.1. The second kappa shape index (κ2) is 9.74. The summed E-state index contributed by atoms with van der Waals surface area (Å²) in [4.78, 5) is 21.7. The first-order chi connectivity index (χ1) is 10.1. The number of amides is 2. The number of rotatable bonds is 9. The van der Waals surface area contributed by atoms with E-state index >= 15 is 0 Å². The Kier molecular flexibility index (Phi) is 7.86. The van der Waals surface area contributed by atoms with Gasteiger partial charge in [0.25, 0.3) is 0 Å². The Morgan fingerprint density at radius 3 is 2.33 bits per heavy atom. The highest BCUT2D eigenvalue weighted by molar-refractivity contribution is 5.73. The number of halogens is 1. The van der Waals surface area contributed by atoms with Crippen LogP contribution in [0.2, 0.25) is 0 Å². The molecule has 0 saturated carbocycles. The lowest BCUT2D eigenvalue weighted by Gasteiger charge is -2.07. The highest BCUT2D eigenvalue weighted by Crippen LogP contribution is 2.02. The number of hydrogen-bond donors (Lipinski definition) is 3. The summed E-state index contributed by atoms with van der Waals surface area (Å²) in [7, 11) is 0. The largest absolute Gasteiger partial charge is 0.481 e. The molecule has 6 heteroatoms. The molecule has 116 valence electrons. The zero-order valence-electron chi connectivity index (χ0n) is 11.9. The molecule has 3 N–H and O–H groups in total. The van der Waals surface area contributed by atoms with Crippen LogP contribution in [-0.2, 0) is 11.2 Å². The number of aliphatic carboxylic acids is 1. The predicted molar refractivity (Wildman–Crippen MR) is 77.6 cm³/mol. The lowest BCUT2D eigenvalue weighted by Crippen LogP contribution is -2.37. The highest BCUT2D eigenvalue weighted by atomic mass is 19.1. The minimum atomic E-state index is -0.790. The van der Waals surface area contributed by atoms with Crippen molar-refractivity contribution in [3.05, 3.63) is 35.6 Å². The van der Waals surface area contributed by atoms with E-state index in [4.69, 9.17) is 5.11 Å². The van der Waals surface area contributed by atoms with Crippen LogP contribution >= 0.6 is 0 Å². The van der Waals surface area contributed by atoms with Crippen molar-refractivity contribution in [2.75, 3.05) is 13.1 Å². The molecule has 5 nitrogen and oxygen atoms in total. The fourth-order valence-corrected chi connectivity index (χ4v) is 1.81. The SMILES string of the molecule is O=C(O)CCCCCNC(=O)NCCc1ccc(F)cc1. The monoisotopic (exact) mass is 296 g/mol. The van der Waals surface area contributed by atoms with Gasteiger partial charge in [-0.3, -0.25) is 4.79 Å². The summed E-state index contributed by atoms with van der Waals surface area (Å²) in [5.41, 5.74) is 0.963. The number of nitrogens with one attached hydrogen (secondary N) is 2. The molecule has 0 atom stereocenters. The summed E-state index contributed by atoms with van der Waals surface area (Å²) in [6.45, 7) is 1.01. The topological polar surface area (TPSA) is 78.4 Å². The third-order valence-electron chi connectivity index (χ3n) is 2.97. The van der Waals surface area contributed by atoms with Gasteiger partial charge in [-0.1, -0.05) is 18.6 Å². The van der Waals surface area contributed by atoms with Crippen molar-refractivity contribution in [3.8, 4) is 0 Å². The number of carbonyl (C=O) groups excluding carboxylic acids is 1. The van der Waals surface area contributed by atoms with Gasteiger partial charge in [0.1, 0.15) is 5.82 Å². The van der Waals surface area contributed by atoms with E-state index in [1.165, 1.54) is 12.1 Å². The van der Waals surface area contributed by atoms with Gasteiger partial charge in [0.05, 0.1) is 0 Å². The summed E-state index contributed by atoms with van der Waals surface area (Å²) < 4.78 is 12.7. The van der Waals surface area contributed by atoms with Crippen LogP contribution in [0.4, 0.5) is 9.18 Å². The van der Waals surface area contributed by atoms with Crippen LogP contribution in [0.25, 0.3) is 0 Å². The van der Waals surface area contributed by atoms with Crippen molar-refractivity contribution < 1.29 is 19.1 Å². The summed E-state index contributed by atoms with van der Waals surface area (Å²) in [5.74, 6) is -1.06. The molecule has 0 saturated heterocycles. The average molecular weight is 296 g/mol. The number of hydrogen-bond acceptors (Lipinski definition) is 2. The van der Waals surface area contributed by atoms with E-state index in [2.05, 4.69) is 10.6 Å². The summed E-state index contributed by atoms with van der Waals surface area (Å²) in [5, 5.41) is 13.9. The second-order valence-corrected chi connectivity index (χ2v) is 4.76. The maximum Gasteiger partial charge on any atom is 0.314 e. The third-order valence-corrected chi connectivity index (χ3v) is 2.97. The molecule has 1 aromatic carbocycles. The molecule has 0 bridgehead atoms. The summed E-state index contributed by atoms with van der Waals surface area (Å²) in [6.07, 6.45) is 2.99. The van der Waals surface area contributed by atoms with Gasteiger partial charge in [-0.05, 0) is 37.0 Å². The normalized spacial score (nSPS) is 10.1. The predicted octanol–water partition coefficient (Wildman–Crippen LogP) is 2.31. The van der Waals surface area contributed by atoms with E-state index in [1.807, 2.05) is 0 Å². The molecule has 0 aliphatic carbocycles. The van der Waals surface area contributed by atoms with Crippen LogP contribution in [0, 0.1) is 5.82 Å². The minimum absolute atomic E-state index is 0.171. The van der Waals surface area contributed by atoms with Crippen LogP contribution < -0.4 is 10.6 Å². The van der Waals surface area contributed by atoms with Crippen LogP contribution in [0.15, 0.2) is 24.3 Å². The molecular weight excluding hydrogens is 275 g/mol. The van der Waals surface area contributed by atoms with Crippen LogP contribution in [0.3, 0.4) is 0 Å². The van der Waals surface area contributed by atoms with Gasteiger partial charge >= 0.3 is 12.0 Å². The Morgan fingerprint density at radius 2 is 1.67 bits per heavy atom. The van der Waals surface area contributed by atoms with Gasteiger partial charge in [-0.15, -0.1) is 0 Å². The van der Waals surface area contributed by atoms with Gasteiger partial charge in [-0.25, -0.2) is 9.18 Å². The Labute approximate surface area is 123 Å². The fourth-order valence-electron chi connectivity index (χ4n) is 1.81. The van der Waals surface area contributed by atoms with Crippen molar-refractivity contribution in [3.63, 3.8) is 0 Å². The van der Waals surface area contributed by atoms with Crippen molar-refractivity contribution in [1.29, 1.82) is 0 Å². The number of unbranched alkanes of at least 4 members (excludes halogenated alkanes) is 2. The molecule has 0 radical (unpaired) electrons. The van der Waals surface area contributed by atoms with E-state index in [0.717, 1.165) is 18.4 Å². The molecule has 0 aliphatic rings. The first kappa shape index (κ1) is 16.9. The second-order valence-electron chi connectivity index (χ2n) is 4.76. The average Bonchev–Trinajstić information content (AvgIpc) is 2.44. The number of carboxylic acid groups (broad SMARTS) is 1. The van der Waals surface area contributed by atoms with Crippen LogP contribution in [-0.4, -0.2) is 30.2 Å². The van der Waals surface area contributed by atoms with E-state index in [1.54, 1.807) is 12.1 Å². The first-order valence-electron chi connectivity index (χ1n) is 7.06. The number of urea groups is 1. The van der Waals surface area contributed by atoms with E-state index in [-0.39, 0.29) is 18.3 Å². The Balaban J connectivity index is 2.01. The molecule has 1 aromatic rings. The fraction of sp³-hybridized carbons (Fsp3) is 0.467. The van der Waals surface area contributed by atoms with Gasteiger partial charge in [-0.2, -0.15) is 0 Å². The first-order valence-corrected chi connectivity index (χ1v) is 7.06. The van der Waals surface area contributed by atoms with Crippen molar-refractivity contribution in [1.82, 2.24) is 10.6 Å². The smallest absolute Gasteiger partial charge is 0.314 e. The summed E-state index contributed by atoms with van der Waals surface area (Å²) in [6, 6.07) is 5.93. The van der Waals surface area contributed by atoms with Gasteiger partial charge in [0, 0.05) is 19.5 Å². The molecule has 0 aromatic heterocycles.